The van der Waals surface area contributed by atoms with Crippen LogP contribution in [0.1, 0.15) is 22.4 Å². The molecule has 0 saturated heterocycles. The maximum Gasteiger partial charge on any atom is 0.0462 e. The molecule has 2 rings (SSSR count). The number of aryl methyl sites for hydroxylation is 3. The van der Waals surface area contributed by atoms with E-state index < -0.39 is 0 Å². The lowest BCUT2D eigenvalue weighted by atomic mass is 10.0. The molecule has 0 bridgehead atoms. The molecular formula is C14H18N2. The molecule has 0 amide bonds. The number of benzene rings is 1. The summed E-state index contributed by atoms with van der Waals surface area (Å²) in [4.78, 5) is 3.40. The zero-order chi connectivity index (χ0) is 11.7. The Bertz CT molecular complexity index is 509. The van der Waals surface area contributed by atoms with E-state index in [1.165, 1.54) is 33.6 Å². The molecule has 0 aliphatic carbocycles. The van der Waals surface area contributed by atoms with Gasteiger partial charge in [0, 0.05) is 23.5 Å². The maximum atomic E-state index is 5.69. The van der Waals surface area contributed by atoms with Crippen LogP contribution in [0.3, 0.4) is 0 Å². The highest BCUT2D eigenvalue weighted by atomic mass is 14.7. The first-order chi connectivity index (χ1) is 7.61. The fourth-order valence-electron chi connectivity index (χ4n) is 1.98. The van der Waals surface area contributed by atoms with E-state index >= 15 is 0 Å². The topological polar surface area (TPSA) is 41.8 Å². The zero-order valence-electron chi connectivity index (χ0n) is 10.1. The molecule has 2 heteroatoms. The van der Waals surface area contributed by atoms with Crippen LogP contribution in [0, 0.1) is 20.8 Å². The van der Waals surface area contributed by atoms with Crippen LogP contribution in [0.25, 0.3) is 11.3 Å². The van der Waals surface area contributed by atoms with Crippen molar-refractivity contribution in [3.63, 3.8) is 0 Å². The molecule has 2 nitrogen and oxygen atoms in total. The average molecular weight is 214 g/mol. The van der Waals surface area contributed by atoms with Gasteiger partial charge < -0.3 is 10.7 Å². The summed E-state index contributed by atoms with van der Waals surface area (Å²) in [5.41, 5.74) is 13.0. The van der Waals surface area contributed by atoms with Gasteiger partial charge in [-0.25, -0.2) is 0 Å². The van der Waals surface area contributed by atoms with Gasteiger partial charge in [0.1, 0.15) is 0 Å². The standard InChI is InChI=1S/C14H18N2/c1-9-4-5-10(2)13(6-9)14-7-12(8-15)11(3)16-14/h4-7,16H,8,15H2,1-3H3. The Morgan fingerprint density at radius 1 is 1.12 bits per heavy atom. The van der Waals surface area contributed by atoms with Crippen LogP contribution >= 0.6 is 0 Å². The van der Waals surface area contributed by atoms with Crippen molar-refractivity contribution in [1.82, 2.24) is 4.98 Å². The van der Waals surface area contributed by atoms with Gasteiger partial charge in [-0.05, 0) is 44.0 Å². The lowest BCUT2D eigenvalue weighted by Gasteiger charge is -2.04. The molecule has 2 aromatic rings. The van der Waals surface area contributed by atoms with Crippen molar-refractivity contribution >= 4 is 0 Å². The largest absolute Gasteiger partial charge is 0.358 e. The lowest BCUT2D eigenvalue weighted by molar-refractivity contribution is 1.04. The minimum atomic E-state index is 0.590. The first kappa shape index (κ1) is 11.0. The molecular weight excluding hydrogens is 196 g/mol. The highest BCUT2D eigenvalue weighted by Crippen LogP contribution is 2.25. The molecule has 0 saturated carbocycles. The Kier molecular flexibility index (Phi) is 2.84. The number of hydrogen-bond acceptors (Lipinski definition) is 1. The first-order valence-electron chi connectivity index (χ1n) is 5.58. The van der Waals surface area contributed by atoms with E-state index in [1.54, 1.807) is 0 Å². The molecule has 16 heavy (non-hydrogen) atoms. The molecule has 0 atom stereocenters. The van der Waals surface area contributed by atoms with Crippen LogP contribution < -0.4 is 5.73 Å². The smallest absolute Gasteiger partial charge is 0.0462 e. The molecule has 0 spiro atoms. The van der Waals surface area contributed by atoms with E-state index in [2.05, 4.69) is 50.0 Å². The fourth-order valence-corrected chi connectivity index (χ4v) is 1.98. The first-order valence-corrected chi connectivity index (χ1v) is 5.58. The molecule has 0 radical (unpaired) electrons. The molecule has 0 unspecified atom stereocenters. The Morgan fingerprint density at radius 3 is 2.50 bits per heavy atom. The molecule has 0 aliphatic heterocycles. The summed E-state index contributed by atoms with van der Waals surface area (Å²) in [7, 11) is 0. The second kappa shape index (κ2) is 4.14. The minimum absolute atomic E-state index is 0.590. The number of aromatic nitrogens is 1. The van der Waals surface area contributed by atoms with Crippen LogP contribution in [0.4, 0.5) is 0 Å². The van der Waals surface area contributed by atoms with Crippen molar-refractivity contribution in [2.75, 3.05) is 0 Å². The number of hydrogen-bond donors (Lipinski definition) is 2. The Hall–Kier alpha value is -1.54. The van der Waals surface area contributed by atoms with Crippen LogP contribution in [0.15, 0.2) is 24.3 Å². The average Bonchev–Trinajstić information content (AvgIpc) is 2.63. The quantitative estimate of drug-likeness (QED) is 0.792. The van der Waals surface area contributed by atoms with Crippen molar-refractivity contribution in [1.29, 1.82) is 0 Å². The van der Waals surface area contributed by atoms with E-state index in [0.29, 0.717) is 6.54 Å². The number of H-pyrrole nitrogens is 1. The van der Waals surface area contributed by atoms with Crippen molar-refractivity contribution in [3.05, 3.63) is 46.6 Å². The summed E-state index contributed by atoms with van der Waals surface area (Å²) in [6, 6.07) is 8.65. The van der Waals surface area contributed by atoms with Crippen LogP contribution in [-0.2, 0) is 6.54 Å². The Morgan fingerprint density at radius 2 is 1.88 bits per heavy atom. The van der Waals surface area contributed by atoms with Gasteiger partial charge in [-0.15, -0.1) is 0 Å². The van der Waals surface area contributed by atoms with Crippen molar-refractivity contribution in [2.24, 2.45) is 5.73 Å². The van der Waals surface area contributed by atoms with Gasteiger partial charge in [-0.1, -0.05) is 17.7 Å². The predicted octanol–water partition coefficient (Wildman–Crippen LogP) is 3.07. The lowest BCUT2D eigenvalue weighted by Crippen LogP contribution is -1.95. The minimum Gasteiger partial charge on any atom is -0.358 e. The van der Waals surface area contributed by atoms with Crippen molar-refractivity contribution < 1.29 is 0 Å². The monoisotopic (exact) mass is 214 g/mol. The third-order valence-electron chi connectivity index (χ3n) is 3.03. The third kappa shape index (κ3) is 1.89. The van der Waals surface area contributed by atoms with Gasteiger partial charge >= 0.3 is 0 Å². The zero-order valence-corrected chi connectivity index (χ0v) is 10.1. The van der Waals surface area contributed by atoms with Crippen LogP contribution in [0.5, 0.6) is 0 Å². The normalized spacial score (nSPS) is 10.8. The summed E-state index contributed by atoms with van der Waals surface area (Å²) >= 11 is 0. The number of nitrogens with two attached hydrogens (primary N) is 1. The molecule has 1 aromatic heterocycles. The maximum absolute atomic E-state index is 5.69. The molecule has 1 aromatic carbocycles. The summed E-state index contributed by atoms with van der Waals surface area (Å²) < 4.78 is 0. The van der Waals surface area contributed by atoms with E-state index in [-0.39, 0.29) is 0 Å². The number of aromatic amines is 1. The highest BCUT2D eigenvalue weighted by molar-refractivity contribution is 5.66. The van der Waals surface area contributed by atoms with Gasteiger partial charge in [-0.3, -0.25) is 0 Å². The van der Waals surface area contributed by atoms with Gasteiger partial charge in [0.25, 0.3) is 0 Å². The second-order valence-corrected chi connectivity index (χ2v) is 4.36. The summed E-state index contributed by atoms with van der Waals surface area (Å²) in [6.07, 6.45) is 0. The van der Waals surface area contributed by atoms with E-state index in [1.807, 2.05) is 0 Å². The Labute approximate surface area is 96.5 Å². The SMILES string of the molecule is Cc1ccc(C)c(-c2cc(CN)c(C)[nH]2)c1. The van der Waals surface area contributed by atoms with Gasteiger partial charge in [-0.2, -0.15) is 0 Å². The van der Waals surface area contributed by atoms with Gasteiger partial charge in [0.15, 0.2) is 0 Å². The van der Waals surface area contributed by atoms with Gasteiger partial charge in [0.2, 0.25) is 0 Å². The summed E-state index contributed by atoms with van der Waals surface area (Å²) in [5.74, 6) is 0. The van der Waals surface area contributed by atoms with Crippen LogP contribution in [-0.4, -0.2) is 4.98 Å². The fraction of sp³-hybridized carbons (Fsp3) is 0.286. The molecule has 84 valence electrons. The summed E-state index contributed by atoms with van der Waals surface area (Å²) in [5, 5.41) is 0. The van der Waals surface area contributed by atoms with E-state index in [4.69, 9.17) is 5.73 Å². The number of rotatable bonds is 2. The predicted molar refractivity (Wildman–Crippen MR) is 68.3 cm³/mol. The highest BCUT2D eigenvalue weighted by Gasteiger charge is 2.07. The summed E-state index contributed by atoms with van der Waals surface area (Å²) in [6.45, 7) is 6.90. The number of nitrogens with one attached hydrogen (secondary N) is 1. The van der Waals surface area contributed by atoms with Crippen molar-refractivity contribution in [3.8, 4) is 11.3 Å². The van der Waals surface area contributed by atoms with Gasteiger partial charge in [0.05, 0.1) is 0 Å². The van der Waals surface area contributed by atoms with E-state index in [9.17, 15) is 0 Å². The molecule has 0 aliphatic rings. The molecule has 3 N–H and O–H groups in total. The van der Waals surface area contributed by atoms with Crippen LogP contribution in [0.2, 0.25) is 0 Å². The Balaban J connectivity index is 2.53. The second-order valence-electron chi connectivity index (χ2n) is 4.36. The molecule has 0 fully saturated rings. The third-order valence-corrected chi connectivity index (χ3v) is 3.03. The van der Waals surface area contributed by atoms with Crippen molar-refractivity contribution in [2.45, 2.75) is 27.3 Å². The van der Waals surface area contributed by atoms with E-state index in [0.717, 1.165) is 0 Å². The molecule has 1 heterocycles.